The molecule has 0 aliphatic heterocycles. The van der Waals surface area contributed by atoms with Crippen LogP contribution in [0.25, 0.3) is 22.0 Å². The Bertz CT molecular complexity index is 1220. The number of benzene rings is 2. The molecule has 0 saturated carbocycles. The van der Waals surface area contributed by atoms with Gasteiger partial charge in [0, 0.05) is 23.5 Å². The van der Waals surface area contributed by atoms with E-state index in [4.69, 9.17) is 0 Å². The topological polar surface area (TPSA) is 63.6 Å². The lowest BCUT2D eigenvalue weighted by Crippen LogP contribution is -2.14. The summed E-state index contributed by atoms with van der Waals surface area (Å²) in [4.78, 5) is 15.8. The van der Waals surface area contributed by atoms with E-state index >= 15 is 0 Å². The Hall–Kier alpha value is -3.07. The SMILES string of the molecule is Cn1c(Sc2c(-c3ccccc3)c3ccccc3[nH]c2=O)nnc1C(F)(F)F. The molecular weight excluding hydrogens is 389 g/mol. The van der Waals surface area contributed by atoms with Crippen LogP contribution in [0.3, 0.4) is 0 Å². The van der Waals surface area contributed by atoms with Crippen molar-refractivity contribution in [2.24, 2.45) is 7.05 Å². The van der Waals surface area contributed by atoms with Crippen LogP contribution >= 0.6 is 11.8 Å². The Morgan fingerprint density at radius 2 is 1.68 bits per heavy atom. The minimum Gasteiger partial charge on any atom is -0.321 e. The van der Waals surface area contributed by atoms with Crippen molar-refractivity contribution in [1.29, 1.82) is 0 Å². The van der Waals surface area contributed by atoms with Crippen molar-refractivity contribution >= 4 is 22.7 Å². The first-order valence-electron chi connectivity index (χ1n) is 8.21. The van der Waals surface area contributed by atoms with Crippen molar-refractivity contribution < 1.29 is 13.2 Å². The highest BCUT2D eigenvalue weighted by Crippen LogP contribution is 2.38. The van der Waals surface area contributed by atoms with Gasteiger partial charge in [-0.3, -0.25) is 4.79 Å². The van der Waals surface area contributed by atoms with Gasteiger partial charge in [-0.15, -0.1) is 10.2 Å². The summed E-state index contributed by atoms with van der Waals surface area (Å²) < 4.78 is 39.9. The molecule has 0 aliphatic carbocycles. The second kappa shape index (κ2) is 6.83. The predicted octanol–water partition coefficient (Wildman–Crippen LogP) is 4.49. The van der Waals surface area contributed by atoms with Crippen LogP contribution in [-0.4, -0.2) is 19.7 Å². The number of H-pyrrole nitrogens is 1. The standard InChI is InChI=1S/C19H13F3N4OS/c1-26-17(19(20,21)22)24-25-18(26)28-15-14(11-7-3-2-4-8-11)12-9-5-6-10-13(12)23-16(15)27/h2-10H,1H3,(H,23,27). The van der Waals surface area contributed by atoms with E-state index in [-0.39, 0.29) is 10.1 Å². The monoisotopic (exact) mass is 402 g/mol. The van der Waals surface area contributed by atoms with Crippen molar-refractivity contribution in [2.45, 2.75) is 16.2 Å². The fraction of sp³-hybridized carbons (Fsp3) is 0.105. The second-order valence-corrected chi connectivity index (χ2v) is 7.01. The maximum Gasteiger partial charge on any atom is 0.451 e. The van der Waals surface area contributed by atoms with Gasteiger partial charge in [-0.05, 0) is 23.4 Å². The number of hydrogen-bond donors (Lipinski definition) is 1. The summed E-state index contributed by atoms with van der Waals surface area (Å²) in [6.07, 6.45) is -4.63. The molecule has 4 rings (SSSR count). The third kappa shape index (κ3) is 3.18. The zero-order valence-electron chi connectivity index (χ0n) is 14.5. The predicted molar refractivity (Wildman–Crippen MR) is 100 cm³/mol. The molecule has 0 radical (unpaired) electrons. The molecule has 0 unspecified atom stereocenters. The first-order chi connectivity index (χ1) is 13.4. The highest BCUT2D eigenvalue weighted by molar-refractivity contribution is 7.99. The molecular formula is C19H13F3N4OS. The summed E-state index contributed by atoms with van der Waals surface area (Å²) in [7, 11) is 1.22. The number of pyridine rings is 1. The maximum atomic E-state index is 13.0. The van der Waals surface area contributed by atoms with Crippen molar-refractivity contribution in [1.82, 2.24) is 19.7 Å². The number of aromatic nitrogens is 4. The molecule has 4 aromatic rings. The summed E-state index contributed by atoms with van der Waals surface area (Å²) in [5.74, 6) is -1.12. The van der Waals surface area contributed by atoms with Crippen molar-refractivity contribution in [3.05, 3.63) is 70.8 Å². The number of para-hydroxylation sites is 1. The van der Waals surface area contributed by atoms with Crippen molar-refractivity contribution in [2.75, 3.05) is 0 Å². The van der Waals surface area contributed by atoms with E-state index in [1.165, 1.54) is 7.05 Å². The number of aromatic amines is 1. The van der Waals surface area contributed by atoms with Gasteiger partial charge in [0.1, 0.15) is 0 Å². The summed E-state index contributed by atoms with van der Waals surface area (Å²) in [5.41, 5.74) is 1.66. The van der Waals surface area contributed by atoms with Gasteiger partial charge < -0.3 is 9.55 Å². The summed E-state index contributed by atoms with van der Waals surface area (Å²) in [6.45, 7) is 0. The molecule has 1 N–H and O–H groups in total. The van der Waals surface area contributed by atoms with Crippen LogP contribution in [0.15, 0.2) is 69.4 Å². The zero-order chi connectivity index (χ0) is 19.9. The van der Waals surface area contributed by atoms with Crippen LogP contribution < -0.4 is 5.56 Å². The minimum atomic E-state index is -4.63. The van der Waals surface area contributed by atoms with Crippen LogP contribution in [0.2, 0.25) is 0 Å². The van der Waals surface area contributed by atoms with Crippen molar-refractivity contribution in [3.63, 3.8) is 0 Å². The molecule has 0 amide bonds. The fourth-order valence-corrected chi connectivity index (χ4v) is 3.92. The average Bonchev–Trinajstić information content (AvgIpc) is 3.04. The quantitative estimate of drug-likeness (QED) is 0.548. The lowest BCUT2D eigenvalue weighted by atomic mass is 10.0. The first-order valence-corrected chi connectivity index (χ1v) is 9.03. The Kier molecular flexibility index (Phi) is 4.46. The Morgan fingerprint density at radius 1 is 1.00 bits per heavy atom. The number of halogens is 3. The molecule has 2 aromatic carbocycles. The second-order valence-electron chi connectivity index (χ2n) is 6.03. The maximum absolute atomic E-state index is 13.0. The van der Waals surface area contributed by atoms with Gasteiger partial charge in [-0.1, -0.05) is 48.5 Å². The highest BCUT2D eigenvalue weighted by atomic mass is 32.2. The van der Waals surface area contributed by atoms with Crippen LogP contribution in [0.4, 0.5) is 13.2 Å². The molecule has 0 bridgehead atoms. The van der Waals surface area contributed by atoms with Crippen LogP contribution in [0, 0.1) is 0 Å². The van der Waals surface area contributed by atoms with Gasteiger partial charge >= 0.3 is 6.18 Å². The van der Waals surface area contributed by atoms with Crippen LogP contribution in [0.1, 0.15) is 5.82 Å². The largest absolute Gasteiger partial charge is 0.451 e. The molecule has 0 saturated heterocycles. The number of alkyl halides is 3. The zero-order valence-corrected chi connectivity index (χ0v) is 15.3. The summed E-state index contributed by atoms with van der Waals surface area (Å²) in [5, 5.41) is 7.63. The van der Waals surface area contributed by atoms with E-state index in [1.54, 1.807) is 12.1 Å². The van der Waals surface area contributed by atoms with Gasteiger partial charge in [0.05, 0.1) is 4.90 Å². The smallest absolute Gasteiger partial charge is 0.321 e. The molecule has 9 heteroatoms. The fourth-order valence-electron chi connectivity index (χ4n) is 2.96. The Labute approximate surface area is 161 Å². The minimum absolute atomic E-state index is 0.0229. The van der Waals surface area contributed by atoms with E-state index in [9.17, 15) is 18.0 Å². The molecule has 0 fully saturated rings. The molecule has 5 nitrogen and oxygen atoms in total. The molecule has 2 heterocycles. The molecule has 0 atom stereocenters. The third-order valence-electron chi connectivity index (χ3n) is 4.22. The number of nitrogens with zero attached hydrogens (tertiary/aromatic N) is 3. The third-order valence-corrected chi connectivity index (χ3v) is 5.35. The van der Waals surface area contributed by atoms with E-state index in [2.05, 4.69) is 15.2 Å². The van der Waals surface area contributed by atoms with Gasteiger partial charge in [0.2, 0.25) is 5.82 Å². The summed E-state index contributed by atoms with van der Waals surface area (Å²) in [6, 6.07) is 16.5. The Morgan fingerprint density at radius 3 is 2.36 bits per heavy atom. The van der Waals surface area contributed by atoms with Crippen LogP contribution in [-0.2, 0) is 13.2 Å². The lowest BCUT2D eigenvalue weighted by molar-refractivity contribution is -0.147. The number of rotatable bonds is 3. The van der Waals surface area contributed by atoms with E-state index < -0.39 is 17.6 Å². The van der Waals surface area contributed by atoms with Gasteiger partial charge in [0.15, 0.2) is 5.16 Å². The highest BCUT2D eigenvalue weighted by Gasteiger charge is 2.37. The van der Waals surface area contributed by atoms with E-state index in [0.717, 1.165) is 27.3 Å². The Balaban J connectivity index is 1.94. The molecule has 2 aromatic heterocycles. The first kappa shape index (κ1) is 18.3. The van der Waals surface area contributed by atoms with Gasteiger partial charge in [-0.25, -0.2) is 0 Å². The van der Waals surface area contributed by atoms with Crippen LogP contribution in [0.5, 0.6) is 0 Å². The lowest BCUT2D eigenvalue weighted by Gasteiger charge is -2.12. The van der Waals surface area contributed by atoms with E-state index in [0.29, 0.717) is 11.1 Å². The summed E-state index contributed by atoms with van der Waals surface area (Å²) >= 11 is 0.860. The molecule has 28 heavy (non-hydrogen) atoms. The molecule has 142 valence electrons. The average molecular weight is 402 g/mol. The number of hydrogen-bond acceptors (Lipinski definition) is 4. The van der Waals surface area contributed by atoms with E-state index in [1.807, 2.05) is 42.5 Å². The molecule has 0 spiro atoms. The van der Waals surface area contributed by atoms with Gasteiger partial charge in [0.25, 0.3) is 5.56 Å². The molecule has 0 aliphatic rings. The normalized spacial score (nSPS) is 11.9. The number of fused-ring (bicyclic) bond motifs is 1. The van der Waals surface area contributed by atoms with Gasteiger partial charge in [-0.2, -0.15) is 13.2 Å². The number of nitrogens with one attached hydrogen (secondary N) is 1. The van der Waals surface area contributed by atoms with Crippen molar-refractivity contribution in [3.8, 4) is 11.1 Å².